The second-order valence-corrected chi connectivity index (χ2v) is 6.44. The van der Waals surface area contributed by atoms with E-state index in [4.69, 9.17) is 4.52 Å². The number of carbonyl (C=O) groups is 1. The number of nitrogens with zero attached hydrogens (tertiary/aromatic N) is 1. The van der Waals surface area contributed by atoms with Crippen molar-refractivity contribution < 1.29 is 18.1 Å². The molecule has 3 rings (SSSR count). The Bertz CT molecular complexity index is 884. The van der Waals surface area contributed by atoms with Gasteiger partial charge in [-0.15, -0.1) is 11.8 Å². The highest BCUT2D eigenvalue weighted by Crippen LogP contribution is 2.37. The maximum Gasteiger partial charge on any atom is 0.243 e. The van der Waals surface area contributed by atoms with Crippen LogP contribution in [-0.2, 0) is 4.79 Å². The molecule has 7 heteroatoms. The Labute approximate surface area is 147 Å². The molecule has 0 saturated carbocycles. The Morgan fingerprint density at radius 3 is 2.60 bits per heavy atom. The van der Waals surface area contributed by atoms with Crippen LogP contribution in [0.3, 0.4) is 0 Å². The van der Waals surface area contributed by atoms with Crippen molar-refractivity contribution in [3.8, 4) is 0 Å². The number of aromatic nitrogens is 1. The third-order valence-corrected chi connectivity index (χ3v) is 4.65. The molecule has 0 saturated heterocycles. The van der Waals surface area contributed by atoms with Gasteiger partial charge in [-0.25, -0.2) is 8.78 Å². The lowest BCUT2D eigenvalue weighted by molar-refractivity contribution is -0.115. The van der Waals surface area contributed by atoms with Crippen LogP contribution in [-0.4, -0.2) is 11.1 Å². The predicted octanol–water partition coefficient (Wildman–Crippen LogP) is 4.73. The summed E-state index contributed by atoms with van der Waals surface area (Å²) in [6, 6.07) is 13.6. The molecule has 0 aliphatic carbocycles. The molecular weight excluding hydrogens is 346 g/mol. The molecule has 0 bridgehead atoms. The van der Waals surface area contributed by atoms with E-state index in [0.29, 0.717) is 11.3 Å². The Morgan fingerprint density at radius 1 is 1.16 bits per heavy atom. The molecule has 3 aromatic rings. The Balaban J connectivity index is 1.89. The molecule has 0 aliphatic rings. The second kappa shape index (κ2) is 7.48. The minimum atomic E-state index is -0.783. The van der Waals surface area contributed by atoms with E-state index in [0.717, 1.165) is 30.0 Å². The highest BCUT2D eigenvalue weighted by atomic mass is 32.2. The molecule has 0 aliphatic heterocycles. The van der Waals surface area contributed by atoms with Gasteiger partial charge in [-0.1, -0.05) is 35.5 Å². The molecule has 25 heavy (non-hydrogen) atoms. The molecule has 2 aromatic carbocycles. The van der Waals surface area contributed by atoms with Gasteiger partial charge in [0.15, 0.2) is 5.82 Å². The fourth-order valence-electron chi connectivity index (χ4n) is 2.21. The van der Waals surface area contributed by atoms with E-state index in [9.17, 15) is 13.6 Å². The maximum absolute atomic E-state index is 14.0. The van der Waals surface area contributed by atoms with Crippen molar-refractivity contribution >= 4 is 23.5 Å². The van der Waals surface area contributed by atoms with Crippen LogP contribution in [0.1, 0.15) is 16.6 Å². The van der Waals surface area contributed by atoms with Gasteiger partial charge in [-0.05, 0) is 30.7 Å². The number of hydrogen-bond donors (Lipinski definition) is 1. The Kier molecular flexibility index (Phi) is 5.14. The molecule has 128 valence electrons. The van der Waals surface area contributed by atoms with Crippen molar-refractivity contribution in [2.75, 3.05) is 5.32 Å². The number of amides is 1. The van der Waals surface area contributed by atoms with Crippen LogP contribution in [0.15, 0.2) is 64.0 Å². The van der Waals surface area contributed by atoms with Crippen LogP contribution in [0.4, 0.5) is 14.6 Å². The number of halogens is 2. The molecule has 1 aromatic heterocycles. The van der Waals surface area contributed by atoms with Crippen LogP contribution < -0.4 is 5.32 Å². The topological polar surface area (TPSA) is 55.1 Å². The summed E-state index contributed by atoms with van der Waals surface area (Å²) in [6.45, 7) is 1.70. The first-order valence-electron chi connectivity index (χ1n) is 7.44. The molecule has 0 fully saturated rings. The monoisotopic (exact) mass is 360 g/mol. The number of aryl methyl sites for hydroxylation is 1. The number of thioether (sulfide) groups is 1. The van der Waals surface area contributed by atoms with Crippen molar-refractivity contribution in [3.05, 3.63) is 77.6 Å². The predicted molar refractivity (Wildman–Crippen MR) is 91.3 cm³/mol. The average Bonchev–Trinajstić information content (AvgIpc) is 3.01. The van der Waals surface area contributed by atoms with Gasteiger partial charge >= 0.3 is 0 Å². The zero-order valence-electron chi connectivity index (χ0n) is 13.2. The first kappa shape index (κ1) is 17.2. The zero-order valence-corrected chi connectivity index (χ0v) is 14.0. The van der Waals surface area contributed by atoms with Crippen LogP contribution in [0.5, 0.6) is 0 Å². The summed E-state index contributed by atoms with van der Waals surface area (Å²) in [5, 5.41) is 5.57. The van der Waals surface area contributed by atoms with Gasteiger partial charge in [0.25, 0.3) is 0 Å². The number of carbonyl (C=O) groups excluding carboxylic acids is 1. The number of rotatable bonds is 5. The number of hydrogen-bond acceptors (Lipinski definition) is 4. The fraction of sp³-hybridized carbons (Fsp3) is 0.111. The van der Waals surface area contributed by atoms with Crippen molar-refractivity contribution in [3.63, 3.8) is 0 Å². The number of nitrogens with one attached hydrogen (secondary N) is 1. The summed E-state index contributed by atoms with van der Waals surface area (Å²) >= 11 is 0.931. The lowest BCUT2D eigenvalue weighted by Crippen LogP contribution is -2.19. The van der Waals surface area contributed by atoms with E-state index in [2.05, 4.69) is 10.5 Å². The van der Waals surface area contributed by atoms with E-state index in [-0.39, 0.29) is 10.7 Å². The highest BCUT2D eigenvalue weighted by Gasteiger charge is 2.24. The Hall–Kier alpha value is -2.67. The summed E-state index contributed by atoms with van der Waals surface area (Å²) in [5.74, 6) is -0.743. The molecule has 0 radical (unpaired) electrons. The van der Waals surface area contributed by atoms with Gasteiger partial charge in [0, 0.05) is 11.0 Å². The third kappa shape index (κ3) is 4.24. The smallest absolute Gasteiger partial charge is 0.243 e. The molecule has 0 spiro atoms. The van der Waals surface area contributed by atoms with Gasteiger partial charge in [-0.2, -0.15) is 0 Å². The standard InChI is InChI=1S/C18H14F2N2O2S/c1-11-9-16(22-24-11)21-18(23)17(12-5-3-2-4-6-12)25-15-10-13(19)7-8-14(15)20/h2-10,17H,1H3,(H,21,22,23)/t17-/m0/s1. The lowest BCUT2D eigenvalue weighted by Gasteiger charge is -2.16. The molecular formula is C18H14F2N2O2S. The molecule has 4 nitrogen and oxygen atoms in total. The second-order valence-electron chi connectivity index (χ2n) is 5.30. The SMILES string of the molecule is Cc1cc(NC(=O)[C@@H](Sc2cc(F)ccc2F)c2ccccc2)no1. The first-order chi connectivity index (χ1) is 12.0. The largest absolute Gasteiger partial charge is 0.360 e. The summed E-state index contributed by atoms with van der Waals surface area (Å²) in [4.78, 5) is 12.7. The number of benzene rings is 2. The van der Waals surface area contributed by atoms with Crippen LogP contribution >= 0.6 is 11.8 Å². The maximum atomic E-state index is 14.0. The van der Waals surface area contributed by atoms with Gasteiger partial charge in [0.1, 0.15) is 22.6 Å². The zero-order chi connectivity index (χ0) is 17.8. The van der Waals surface area contributed by atoms with Gasteiger partial charge < -0.3 is 9.84 Å². The van der Waals surface area contributed by atoms with Crippen LogP contribution in [0, 0.1) is 18.6 Å². The summed E-state index contributed by atoms with van der Waals surface area (Å²) in [6.07, 6.45) is 0. The summed E-state index contributed by atoms with van der Waals surface area (Å²) in [7, 11) is 0. The lowest BCUT2D eigenvalue weighted by atomic mass is 10.1. The van der Waals surface area contributed by atoms with Crippen LogP contribution in [0.2, 0.25) is 0 Å². The minimum absolute atomic E-state index is 0.0559. The van der Waals surface area contributed by atoms with Crippen LogP contribution in [0.25, 0.3) is 0 Å². The first-order valence-corrected chi connectivity index (χ1v) is 8.32. The summed E-state index contributed by atoms with van der Waals surface area (Å²) < 4.78 is 32.4. The van der Waals surface area contributed by atoms with E-state index in [1.165, 1.54) is 0 Å². The van der Waals surface area contributed by atoms with Crippen molar-refractivity contribution in [1.29, 1.82) is 0 Å². The minimum Gasteiger partial charge on any atom is -0.360 e. The molecule has 1 N–H and O–H groups in total. The fourth-order valence-corrected chi connectivity index (χ4v) is 3.29. The van der Waals surface area contributed by atoms with E-state index in [1.807, 2.05) is 6.07 Å². The molecule has 1 atom stereocenters. The normalized spacial score (nSPS) is 12.0. The van der Waals surface area contributed by atoms with E-state index < -0.39 is 22.8 Å². The average molecular weight is 360 g/mol. The summed E-state index contributed by atoms with van der Waals surface area (Å²) in [5.41, 5.74) is 0.661. The highest BCUT2D eigenvalue weighted by molar-refractivity contribution is 8.00. The molecule has 1 amide bonds. The quantitative estimate of drug-likeness (QED) is 0.668. The van der Waals surface area contributed by atoms with Crippen molar-refractivity contribution in [2.45, 2.75) is 17.1 Å². The van der Waals surface area contributed by atoms with Crippen molar-refractivity contribution in [1.82, 2.24) is 5.16 Å². The third-order valence-electron chi connectivity index (χ3n) is 3.36. The molecule has 1 heterocycles. The van der Waals surface area contributed by atoms with Crippen molar-refractivity contribution in [2.24, 2.45) is 0 Å². The molecule has 0 unspecified atom stereocenters. The van der Waals surface area contributed by atoms with Gasteiger partial charge in [-0.3, -0.25) is 4.79 Å². The Morgan fingerprint density at radius 2 is 1.92 bits per heavy atom. The van der Waals surface area contributed by atoms with Gasteiger partial charge in [0.2, 0.25) is 5.91 Å². The number of anilines is 1. The van der Waals surface area contributed by atoms with Gasteiger partial charge in [0.05, 0.1) is 0 Å². The van der Waals surface area contributed by atoms with E-state index >= 15 is 0 Å². The van der Waals surface area contributed by atoms with E-state index in [1.54, 1.807) is 37.3 Å².